The molecule has 0 bridgehead atoms. The predicted octanol–water partition coefficient (Wildman–Crippen LogP) is 0.171. The zero-order chi connectivity index (χ0) is 13.5. The molecule has 1 unspecified atom stereocenters. The van der Waals surface area contributed by atoms with Crippen molar-refractivity contribution in [3.8, 4) is 0 Å². The normalized spacial score (nSPS) is 13.7. The summed E-state index contributed by atoms with van der Waals surface area (Å²) in [5.74, 6) is -0.373. The van der Waals surface area contributed by atoms with E-state index in [4.69, 9.17) is 0 Å². The Labute approximate surface area is 104 Å². The van der Waals surface area contributed by atoms with Gasteiger partial charge in [0.2, 0.25) is 5.91 Å². The molecule has 5 nitrogen and oxygen atoms in total. The van der Waals surface area contributed by atoms with Crippen molar-refractivity contribution in [3.63, 3.8) is 0 Å². The summed E-state index contributed by atoms with van der Waals surface area (Å²) >= 11 is 0. The average Bonchev–Trinajstić information content (AvgIpc) is 2.16. The molecular weight excluding hydrogens is 240 g/mol. The van der Waals surface area contributed by atoms with E-state index in [-0.39, 0.29) is 0 Å². The van der Waals surface area contributed by atoms with E-state index in [1.54, 1.807) is 13.8 Å². The quantitative estimate of drug-likeness (QED) is 0.655. The van der Waals surface area contributed by atoms with Gasteiger partial charge in [0.1, 0.15) is 5.75 Å². The minimum atomic E-state index is -3.35. The van der Waals surface area contributed by atoms with Crippen molar-refractivity contribution in [2.24, 2.45) is 5.92 Å². The lowest BCUT2D eigenvalue weighted by atomic mass is 10.2. The highest BCUT2D eigenvalue weighted by Crippen LogP contribution is 2.01. The first kappa shape index (κ1) is 16.4. The molecule has 0 aromatic carbocycles. The maximum absolute atomic E-state index is 11.8. The second-order valence-electron chi connectivity index (χ2n) is 4.62. The summed E-state index contributed by atoms with van der Waals surface area (Å²) in [5, 5.41) is 5.04. The number of amides is 1. The Hall–Kier alpha value is -0.620. The van der Waals surface area contributed by atoms with Gasteiger partial charge >= 0.3 is 0 Å². The third kappa shape index (κ3) is 7.33. The zero-order valence-corrected chi connectivity index (χ0v) is 11.9. The second-order valence-corrected chi connectivity index (χ2v) is 7.04. The molecule has 0 aliphatic rings. The van der Waals surface area contributed by atoms with Gasteiger partial charge in [0.15, 0.2) is 9.84 Å². The van der Waals surface area contributed by atoms with Gasteiger partial charge in [0.25, 0.3) is 0 Å². The number of carbonyl (C=O) groups excluding carboxylic acids is 1. The number of hydrogen-bond acceptors (Lipinski definition) is 4. The summed E-state index contributed by atoms with van der Waals surface area (Å²) in [7, 11) is -3.35. The van der Waals surface area contributed by atoms with Crippen LogP contribution in [-0.2, 0) is 14.6 Å². The van der Waals surface area contributed by atoms with Gasteiger partial charge in [0.05, 0.1) is 5.25 Å². The van der Waals surface area contributed by atoms with Gasteiger partial charge < -0.3 is 10.6 Å². The highest BCUT2D eigenvalue weighted by Gasteiger charge is 2.23. The van der Waals surface area contributed by atoms with Crippen molar-refractivity contribution < 1.29 is 13.2 Å². The summed E-state index contributed by atoms with van der Waals surface area (Å²) in [6.07, 6.45) is 0. The van der Waals surface area contributed by atoms with Gasteiger partial charge in [-0.25, -0.2) is 8.42 Å². The molecule has 0 aromatic heterocycles. The largest absolute Gasteiger partial charge is 0.356 e. The Morgan fingerprint density at radius 1 is 1.18 bits per heavy atom. The first-order chi connectivity index (χ1) is 7.79. The molecule has 0 aromatic rings. The Morgan fingerprint density at radius 3 is 2.24 bits per heavy atom. The molecule has 1 atom stereocenters. The fraction of sp³-hybridized carbons (Fsp3) is 0.909. The van der Waals surface area contributed by atoms with Crippen LogP contribution in [0.2, 0.25) is 0 Å². The molecule has 102 valence electrons. The highest BCUT2D eigenvalue weighted by atomic mass is 32.2. The van der Waals surface area contributed by atoms with E-state index in [9.17, 15) is 13.2 Å². The summed E-state index contributed by atoms with van der Waals surface area (Å²) in [5.41, 5.74) is 0. The van der Waals surface area contributed by atoms with Gasteiger partial charge in [0, 0.05) is 13.1 Å². The third-order valence-corrected chi connectivity index (χ3v) is 4.36. The van der Waals surface area contributed by atoms with Crippen LogP contribution >= 0.6 is 0 Å². The summed E-state index contributed by atoms with van der Waals surface area (Å²) < 4.78 is 23.6. The first-order valence-electron chi connectivity index (χ1n) is 5.98. The minimum absolute atomic E-state index is 0.389. The summed E-state index contributed by atoms with van der Waals surface area (Å²) in [4.78, 5) is 11.2. The van der Waals surface area contributed by atoms with E-state index < -0.39 is 26.7 Å². The molecule has 0 saturated carbocycles. The maximum Gasteiger partial charge on any atom is 0.235 e. The van der Waals surface area contributed by atoms with E-state index in [0.717, 1.165) is 6.54 Å². The Kier molecular flexibility index (Phi) is 7.38. The van der Waals surface area contributed by atoms with Crippen LogP contribution in [0.3, 0.4) is 0 Å². The number of rotatable bonds is 8. The van der Waals surface area contributed by atoms with Crippen LogP contribution in [0, 0.1) is 5.92 Å². The van der Waals surface area contributed by atoms with Crippen molar-refractivity contribution in [3.05, 3.63) is 0 Å². The van der Waals surface area contributed by atoms with Gasteiger partial charge in [-0.2, -0.15) is 0 Å². The van der Waals surface area contributed by atoms with E-state index >= 15 is 0 Å². The molecule has 17 heavy (non-hydrogen) atoms. The lowest BCUT2D eigenvalue weighted by Crippen LogP contribution is -2.38. The number of nitrogens with one attached hydrogen (secondary N) is 2. The SMILES string of the molecule is CCNC(=O)CS(=O)(=O)C(C)CNCC(C)C. The van der Waals surface area contributed by atoms with Crippen LogP contribution in [0.5, 0.6) is 0 Å². The predicted molar refractivity (Wildman–Crippen MR) is 69.6 cm³/mol. The topological polar surface area (TPSA) is 75.3 Å². The van der Waals surface area contributed by atoms with Crippen molar-refractivity contribution in [1.29, 1.82) is 0 Å². The fourth-order valence-electron chi connectivity index (χ4n) is 1.28. The molecule has 1 amide bonds. The van der Waals surface area contributed by atoms with E-state index in [0.29, 0.717) is 19.0 Å². The standard InChI is InChI=1S/C11H24N2O3S/c1-5-13-11(14)8-17(15,16)10(4)7-12-6-9(2)3/h9-10,12H,5-8H2,1-4H3,(H,13,14). The Balaban J connectivity index is 4.16. The molecule has 0 radical (unpaired) electrons. The molecule has 0 fully saturated rings. The highest BCUT2D eigenvalue weighted by molar-refractivity contribution is 7.92. The van der Waals surface area contributed by atoms with Gasteiger partial charge in [-0.15, -0.1) is 0 Å². The Bertz CT molecular complexity index is 326. The fourth-order valence-corrected chi connectivity index (χ4v) is 2.40. The molecule has 0 heterocycles. The van der Waals surface area contributed by atoms with Crippen LogP contribution < -0.4 is 10.6 Å². The summed E-state index contributed by atoms with van der Waals surface area (Å²) in [6.45, 7) is 9.12. The minimum Gasteiger partial charge on any atom is -0.356 e. The average molecular weight is 264 g/mol. The monoisotopic (exact) mass is 264 g/mol. The van der Waals surface area contributed by atoms with Gasteiger partial charge in [-0.1, -0.05) is 13.8 Å². The zero-order valence-electron chi connectivity index (χ0n) is 11.1. The van der Waals surface area contributed by atoms with Gasteiger partial charge in [-0.3, -0.25) is 4.79 Å². The summed E-state index contributed by atoms with van der Waals surface area (Å²) in [6, 6.07) is 0. The van der Waals surface area contributed by atoms with Crippen LogP contribution in [-0.4, -0.2) is 45.0 Å². The lowest BCUT2D eigenvalue weighted by Gasteiger charge is -2.14. The molecule has 2 N–H and O–H groups in total. The molecule has 0 spiro atoms. The van der Waals surface area contributed by atoms with E-state index in [1.165, 1.54) is 0 Å². The van der Waals surface area contributed by atoms with Crippen LogP contribution in [0.15, 0.2) is 0 Å². The van der Waals surface area contributed by atoms with Crippen molar-refractivity contribution in [2.45, 2.75) is 32.9 Å². The lowest BCUT2D eigenvalue weighted by molar-refractivity contribution is -0.118. The molecule has 0 rings (SSSR count). The number of carbonyl (C=O) groups is 1. The first-order valence-corrected chi connectivity index (χ1v) is 7.70. The second kappa shape index (κ2) is 7.66. The van der Waals surface area contributed by atoms with Crippen molar-refractivity contribution in [1.82, 2.24) is 10.6 Å². The maximum atomic E-state index is 11.8. The van der Waals surface area contributed by atoms with E-state index in [1.807, 2.05) is 0 Å². The molecule has 6 heteroatoms. The van der Waals surface area contributed by atoms with Crippen molar-refractivity contribution in [2.75, 3.05) is 25.4 Å². The van der Waals surface area contributed by atoms with E-state index in [2.05, 4.69) is 24.5 Å². The van der Waals surface area contributed by atoms with Crippen LogP contribution in [0.4, 0.5) is 0 Å². The molecular formula is C11H24N2O3S. The molecule has 0 saturated heterocycles. The number of sulfone groups is 1. The van der Waals surface area contributed by atoms with Crippen LogP contribution in [0.1, 0.15) is 27.7 Å². The van der Waals surface area contributed by atoms with Crippen molar-refractivity contribution >= 4 is 15.7 Å². The molecule has 0 aliphatic heterocycles. The number of hydrogen-bond donors (Lipinski definition) is 2. The Morgan fingerprint density at radius 2 is 1.76 bits per heavy atom. The third-order valence-electron chi connectivity index (χ3n) is 2.30. The smallest absolute Gasteiger partial charge is 0.235 e. The molecule has 0 aliphatic carbocycles. The van der Waals surface area contributed by atoms with Crippen LogP contribution in [0.25, 0.3) is 0 Å². The van der Waals surface area contributed by atoms with Gasteiger partial charge in [-0.05, 0) is 26.3 Å².